The number of hydrogen-bond donors (Lipinski definition) is 2. The molecule has 4 heteroatoms. The van der Waals surface area contributed by atoms with Gasteiger partial charge in [0.1, 0.15) is 0 Å². The zero-order valence-electron chi connectivity index (χ0n) is 14.2. The molecule has 0 saturated carbocycles. The van der Waals surface area contributed by atoms with Gasteiger partial charge in [-0.3, -0.25) is 4.79 Å². The summed E-state index contributed by atoms with van der Waals surface area (Å²) in [5, 5.41) is 6.56. The van der Waals surface area contributed by atoms with Crippen molar-refractivity contribution in [1.82, 2.24) is 4.90 Å². The highest BCUT2D eigenvalue weighted by Gasteiger charge is 2.24. The fraction of sp³-hybridized carbons (Fsp3) is 0.611. The smallest absolute Gasteiger partial charge is 0.226 e. The van der Waals surface area contributed by atoms with E-state index in [1.165, 1.54) is 13.0 Å². The number of nitrogens with zero attached hydrogens (tertiary/aromatic N) is 1. The monoisotopic (exact) mass is 303 g/mol. The molecule has 0 bridgehead atoms. The number of carbonyl (C=O) groups excluding carboxylic acids is 1. The van der Waals surface area contributed by atoms with Gasteiger partial charge in [0.25, 0.3) is 0 Å². The first kappa shape index (κ1) is 16.8. The summed E-state index contributed by atoms with van der Waals surface area (Å²) in [6.45, 7) is 11.8. The van der Waals surface area contributed by atoms with E-state index in [-0.39, 0.29) is 11.8 Å². The fourth-order valence-electron chi connectivity index (χ4n) is 2.88. The third kappa shape index (κ3) is 4.47. The third-order valence-electron chi connectivity index (χ3n) is 4.47. The first-order valence-electron chi connectivity index (χ1n) is 8.39. The maximum Gasteiger partial charge on any atom is 0.226 e. The average molecular weight is 303 g/mol. The number of likely N-dealkylation sites (tertiary alicyclic amines) is 1. The van der Waals surface area contributed by atoms with Crippen LogP contribution < -0.4 is 10.6 Å². The number of hydrogen-bond acceptors (Lipinski definition) is 3. The molecule has 4 nitrogen and oxygen atoms in total. The number of carbonyl (C=O) groups is 1. The van der Waals surface area contributed by atoms with Crippen LogP contribution in [0.4, 0.5) is 11.4 Å². The van der Waals surface area contributed by atoms with Crippen molar-refractivity contribution in [3.63, 3.8) is 0 Å². The standard InChI is InChI=1S/C18H29N3O/c1-5-21-11-10-17(14(4)12-21)19-15-6-8-16(9-7-15)20-18(22)13(2)3/h6-9,13-14,17,19H,5,10-12H2,1-4H3,(H,20,22)/t14-,17+/m0/s1. The topological polar surface area (TPSA) is 44.4 Å². The summed E-state index contributed by atoms with van der Waals surface area (Å²) < 4.78 is 0. The molecule has 2 N–H and O–H groups in total. The third-order valence-corrected chi connectivity index (χ3v) is 4.47. The largest absolute Gasteiger partial charge is 0.382 e. The Labute approximate surface area is 134 Å². The van der Waals surface area contributed by atoms with Crippen molar-refractivity contribution in [2.24, 2.45) is 11.8 Å². The normalized spacial score (nSPS) is 22.6. The molecule has 1 aliphatic heterocycles. The summed E-state index contributed by atoms with van der Waals surface area (Å²) in [6, 6.07) is 8.56. The van der Waals surface area contributed by atoms with Crippen LogP contribution in [0.2, 0.25) is 0 Å². The summed E-state index contributed by atoms with van der Waals surface area (Å²) in [6.07, 6.45) is 1.18. The Kier molecular flexibility index (Phi) is 5.83. The molecule has 22 heavy (non-hydrogen) atoms. The molecule has 1 fully saturated rings. The van der Waals surface area contributed by atoms with Crippen molar-refractivity contribution >= 4 is 17.3 Å². The zero-order valence-corrected chi connectivity index (χ0v) is 14.2. The Balaban J connectivity index is 1.90. The molecule has 2 rings (SSSR count). The Bertz CT molecular complexity index is 484. The van der Waals surface area contributed by atoms with Crippen LogP contribution in [0.3, 0.4) is 0 Å². The lowest BCUT2D eigenvalue weighted by Crippen LogP contribution is -2.44. The molecule has 1 heterocycles. The Morgan fingerprint density at radius 2 is 1.91 bits per heavy atom. The van der Waals surface area contributed by atoms with Crippen LogP contribution in [0, 0.1) is 11.8 Å². The molecular weight excluding hydrogens is 274 g/mol. The van der Waals surface area contributed by atoms with Crippen molar-refractivity contribution < 1.29 is 4.79 Å². The van der Waals surface area contributed by atoms with Gasteiger partial charge < -0.3 is 15.5 Å². The molecule has 122 valence electrons. The van der Waals surface area contributed by atoms with Crippen LogP contribution in [0.15, 0.2) is 24.3 Å². The molecule has 0 spiro atoms. The molecule has 0 aromatic heterocycles. The van der Waals surface area contributed by atoms with Gasteiger partial charge in [-0.2, -0.15) is 0 Å². The molecule has 0 unspecified atom stereocenters. The van der Waals surface area contributed by atoms with E-state index in [0.29, 0.717) is 12.0 Å². The quantitative estimate of drug-likeness (QED) is 0.876. The van der Waals surface area contributed by atoms with E-state index in [9.17, 15) is 4.79 Å². The summed E-state index contributed by atoms with van der Waals surface area (Å²) in [5.74, 6) is 0.706. The lowest BCUT2D eigenvalue weighted by molar-refractivity contribution is -0.118. The first-order valence-corrected chi connectivity index (χ1v) is 8.39. The van der Waals surface area contributed by atoms with E-state index in [2.05, 4.69) is 41.5 Å². The minimum atomic E-state index is 0.00222. The van der Waals surface area contributed by atoms with Gasteiger partial charge in [-0.05, 0) is 43.1 Å². The average Bonchev–Trinajstić information content (AvgIpc) is 2.51. The van der Waals surface area contributed by atoms with E-state index in [4.69, 9.17) is 0 Å². The van der Waals surface area contributed by atoms with Gasteiger partial charge in [-0.15, -0.1) is 0 Å². The van der Waals surface area contributed by atoms with Crippen LogP contribution in [0.5, 0.6) is 0 Å². The maximum absolute atomic E-state index is 11.7. The summed E-state index contributed by atoms with van der Waals surface area (Å²) in [5.41, 5.74) is 1.99. The van der Waals surface area contributed by atoms with E-state index in [1.54, 1.807) is 0 Å². The van der Waals surface area contributed by atoms with Gasteiger partial charge in [0.2, 0.25) is 5.91 Å². The van der Waals surface area contributed by atoms with Gasteiger partial charge >= 0.3 is 0 Å². The lowest BCUT2D eigenvalue weighted by Gasteiger charge is -2.37. The van der Waals surface area contributed by atoms with Crippen molar-refractivity contribution in [2.45, 2.75) is 40.2 Å². The second-order valence-corrected chi connectivity index (χ2v) is 6.63. The van der Waals surface area contributed by atoms with Crippen LogP contribution in [0.1, 0.15) is 34.1 Å². The fourth-order valence-corrected chi connectivity index (χ4v) is 2.88. The Hall–Kier alpha value is -1.55. The molecule has 1 aliphatic rings. The summed E-state index contributed by atoms with van der Waals surface area (Å²) in [4.78, 5) is 14.2. The number of benzene rings is 1. The molecule has 1 aromatic carbocycles. The zero-order chi connectivity index (χ0) is 16.1. The van der Waals surface area contributed by atoms with E-state index >= 15 is 0 Å². The highest BCUT2D eigenvalue weighted by molar-refractivity contribution is 5.92. The molecule has 0 aliphatic carbocycles. The minimum absolute atomic E-state index is 0.00222. The molecule has 1 aromatic rings. The molecule has 2 atom stereocenters. The van der Waals surface area contributed by atoms with Crippen LogP contribution in [0.25, 0.3) is 0 Å². The number of piperidine rings is 1. The highest BCUT2D eigenvalue weighted by Crippen LogP contribution is 2.22. The number of rotatable bonds is 5. The Morgan fingerprint density at radius 1 is 1.27 bits per heavy atom. The number of nitrogens with one attached hydrogen (secondary N) is 2. The predicted octanol–water partition coefficient (Wildman–Crippen LogP) is 3.42. The van der Waals surface area contributed by atoms with Crippen molar-refractivity contribution in [2.75, 3.05) is 30.3 Å². The molecular formula is C18H29N3O. The second-order valence-electron chi connectivity index (χ2n) is 6.63. The van der Waals surface area contributed by atoms with E-state index < -0.39 is 0 Å². The SMILES string of the molecule is CCN1CC[C@@H](Nc2ccc(NC(=O)C(C)C)cc2)[C@@H](C)C1. The van der Waals surface area contributed by atoms with Crippen molar-refractivity contribution in [3.05, 3.63) is 24.3 Å². The summed E-state index contributed by atoms with van der Waals surface area (Å²) >= 11 is 0. The number of amides is 1. The van der Waals surface area contributed by atoms with Crippen LogP contribution in [-0.2, 0) is 4.79 Å². The van der Waals surface area contributed by atoms with E-state index in [0.717, 1.165) is 24.5 Å². The first-order chi connectivity index (χ1) is 10.5. The van der Waals surface area contributed by atoms with Gasteiger partial charge in [0, 0.05) is 36.4 Å². The lowest BCUT2D eigenvalue weighted by atomic mass is 9.93. The predicted molar refractivity (Wildman–Crippen MR) is 93.2 cm³/mol. The van der Waals surface area contributed by atoms with Gasteiger partial charge in [0.15, 0.2) is 0 Å². The molecule has 1 amide bonds. The summed E-state index contributed by atoms with van der Waals surface area (Å²) in [7, 11) is 0. The van der Waals surface area contributed by atoms with Gasteiger partial charge in [0.05, 0.1) is 0 Å². The van der Waals surface area contributed by atoms with Crippen molar-refractivity contribution in [3.8, 4) is 0 Å². The van der Waals surface area contributed by atoms with Crippen LogP contribution in [-0.4, -0.2) is 36.5 Å². The van der Waals surface area contributed by atoms with Crippen LogP contribution >= 0.6 is 0 Å². The molecule has 0 radical (unpaired) electrons. The number of anilines is 2. The Morgan fingerprint density at radius 3 is 2.45 bits per heavy atom. The van der Waals surface area contributed by atoms with Gasteiger partial charge in [-0.25, -0.2) is 0 Å². The molecule has 1 saturated heterocycles. The highest BCUT2D eigenvalue weighted by atomic mass is 16.1. The van der Waals surface area contributed by atoms with Crippen molar-refractivity contribution in [1.29, 1.82) is 0 Å². The van der Waals surface area contributed by atoms with Gasteiger partial charge in [-0.1, -0.05) is 27.7 Å². The minimum Gasteiger partial charge on any atom is -0.382 e. The second kappa shape index (κ2) is 7.63. The maximum atomic E-state index is 11.7. The van der Waals surface area contributed by atoms with E-state index in [1.807, 2.05) is 26.0 Å².